The first-order valence-electron chi connectivity index (χ1n) is 5.65. The Kier molecular flexibility index (Phi) is 6.44. The minimum atomic E-state index is 0.0383. The van der Waals surface area contributed by atoms with E-state index in [0.717, 1.165) is 33.2 Å². The second-order valence-corrected chi connectivity index (χ2v) is 7.53. The van der Waals surface area contributed by atoms with Crippen LogP contribution in [0, 0.1) is 8.30 Å². The number of thiophene rings is 1. The molecule has 0 atom stereocenters. The fourth-order valence-electron chi connectivity index (χ4n) is 1.54. The zero-order valence-corrected chi connectivity index (χ0v) is 14.6. The van der Waals surface area contributed by atoms with Crippen LogP contribution < -0.4 is 5.32 Å². The number of alkyl halides is 1. The van der Waals surface area contributed by atoms with Gasteiger partial charge in [-0.25, -0.2) is 0 Å². The molecule has 0 spiro atoms. The number of amides is 1. The Morgan fingerprint density at radius 1 is 1.53 bits per heavy atom. The van der Waals surface area contributed by atoms with Crippen molar-refractivity contribution in [1.29, 1.82) is 0 Å². The van der Waals surface area contributed by atoms with Gasteiger partial charge in [-0.2, -0.15) is 0 Å². The summed E-state index contributed by atoms with van der Waals surface area (Å²) < 4.78 is 1.14. The molecule has 0 saturated heterocycles. The number of nitrogens with one attached hydrogen (secondary N) is 1. The lowest BCUT2D eigenvalue weighted by Gasteiger charge is -2.29. The molecule has 0 aliphatic carbocycles. The lowest BCUT2D eigenvalue weighted by molar-refractivity contribution is 0.0933. The highest BCUT2D eigenvalue weighted by Crippen LogP contribution is 2.28. The van der Waals surface area contributed by atoms with Crippen molar-refractivity contribution in [3.8, 4) is 0 Å². The number of hydrogen-bond acceptors (Lipinski definition) is 2. The van der Waals surface area contributed by atoms with Crippen LogP contribution in [-0.2, 0) is 0 Å². The summed E-state index contributed by atoms with van der Waals surface area (Å²) in [5, 5.41) is 5.87. The standard InChI is InChI=1S/C12H17BrINOS/c1-3-12(4-2,7-13)8-15-11(16)9-5-10(14)17-6-9/h5-6H,3-4,7-8H2,1-2H3,(H,15,16). The van der Waals surface area contributed by atoms with Crippen molar-refractivity contribution in [2.45, 2.75) is 26.7 Å². The molecular weight excluding hydrogens is 413 g/mol. The number of hydrogen-bond donors (Lipinski definition) is 1. The van der Waals surface area contributed by atoms with Gasteiger partial charge in [-0.05, 0) is 46.9 Å². The van der Waals surface area contributed by atoms with Crippen molar-refractivity contribution < 1.29 is 4.79 Å². The lowest BCUT2D eigenvalue weighted by Crippen LogP contribution is -2.38. The second-order valence-electron chi connectivity index (χ2n) is 4.16. The van der Waals surface area contributed by atoms with Gasteiger partial charge >= 0.3 is 0 Å². The van der Waals surface area contributed by atoms with E-state index < -0.39 is 0 Å². The van der Waals surface area contributed by atoms with Gasteiger partial charge in [0.25, 0.3) is 5.91 Å². The third-order valence-electron chi connectivity index (χ3n) is 3.24. The van der Waals surface area contributed by atoms with Crippen LogP contribution in [0.4, 0.5) is 0 Å². The van der Waals surface area contributed by atoms with Crippen molar-refractivity contribution in [3.63, 3.8) is 0 Å². The molecule has 1 heterocycles. The summed E-state index contributed by atoms with van der Waals surface area (Å²) >= 11 is 7.39. The van der Waals surface area contributed by atoms with Gasteiger partial charge < -0.3 is 5.32 Å². The Balaban J connectivity index is 2.58. The molecule has 0 aliphatic rings. The van der Waals surface area contributed by atoms with Gasteiger partial charge in [0.05, 0.1) is 8.45 Å². The summed E-state index contributed by atoms with van der Waals surface area (Å²) in [7, 11) is 0. The average Bonchev–Trinajstić information content (AvgIpc) is 2.78. The van der Waals surface area contributed by atoms with E-state index >= 15 is 0 Å². The Bertz CT molecular complexity index is 368. The Labute approximate surface area is 129 Å². The summed E-state index contributed by atoms with van der Waals surface area (Å²) in [4.78, 5) is 11.9. The molecule has 1 amide bonds. The van der Waals surface area contributed by atoms with Crippen LogP contribution >= 0.6 is 49.9 Å². The number of halogens is 2. The zero-order valence-electron chi connectivity index (χ0n) is 10.1. The normalized spacial score (nSPS) is 11.5. The van der Waals surface area contributed by atoms with E-state index in [1.807, 2.05) is 11.4 Å². The molecule has 2 nitrogen and oxygen atoms in total. The zero-order chi connectivity index (χ0) is 12.9. The SMILES string of the molecule is CCC(CC)(CBr)CNC(=O)c1csc(I)c1. The lowest BCUT2D eigenvalue weighted by atomic mass is 9.84. The Morgan fingerprint density at radius 3 is 2.59 bits per heavy atom. The maximum absolute atomic E-state index is 11.9. The quantitative estimate of drug-likeness (QED) is 0.530. The summed E-state index contributed by atoms with van der Waals surface area (Å²) in [6, 6.07) is 1.92. The molecule has 0 fully saturated rings. The summed E-state index contributed by atoms with van der Waals surface area (Å²) in [5.41, 5.74) is 0.953. The van der Waals surface area contributed by atoms with Crippen molar-refractivity contribution in [1.82, 2.24) is 5.32 Å². The van der Waals surface area contributed by atoms with Crippen LogP contribution in [0.2, 0.25) is 0 Å². The smallest absolute Gasteiger partial charge is 0.252 e. The van der Waals surface area contributed by atoms with Gasteiger partial charge in [0.2, 0.25) is 0 Å². The third-order valence-corrected chi connectivity index (χ3v) is 6.22. The fraction of sp³-hybridized carbons (Fsp3) is 0.583. The Morgan fingerprint density at radius 2 is 2.18 bits per heavy atom. The number of rotatable bonds is 6. The van der Waals surface area contributed by atoms with E-state index in [1.165, 1.54) is 0 Å². The van der Waals surface area contributed by atoms with E-state index in [1.54, 1.807) is 11.3 Å². The van der Waals surface area contributed by atoms with E-state index in [9.17, 15) is 4.79 Å². The molecule has 0 unspecified atom stereocenters. The van der Waals surface area contributed by atoms with Gasteiger partial charge in [-0.3, -0.25) is 4.79 Å². The fourth-order valence-corrected chi connectivity index (χ4v) is 3.85. The predicted molar refractivity (Wildman–Crippen MR) is 86.2 cm³/mol. The Hall–Kier alpha value is 0.380. The van der Waals surface area contributed by atoms with E-state index in [-0.39, 0.29) is 11.3 Å². The maximum atomic E-state index is 11.9. The first-order valence-corrected chi connectivity index (χ1v) is 8.73. The minimum Gasteiger partial charge on any atom is -0.351 e. The first-order chi connectivity index (χ1) is 8.06. The van der Waals surface area contributed by atoms with Crippen LogP contribution in [0.25, 0.3) is 0 Å². The van der Waals surface area contributed by atoms with E-state index in [2.05, 4.69) is 57.7 Å². The molecule has 1 N–H and O–H groups in total. The number of carbonyl (C=O) groups is 1. The summed E-state index contributed by atoms with van der Waals surface area (Å²) in [6.45, 7) is 5.07. The highest BCUT2D eigenvalue weighted by atomic mass is 127. The van der Waals surface area contributed by atoms with E-state index in [0.29, 0.717) is 0 Å². The minimum absolute atomic E-state index is 0.0383. The van der Waals surface area contributed by atoms with Gasteiger partial charge in [-0.15, -0.1) is 11.3 Å². The molecule has 5 heteroatoms. The molecule has 17 heavy (non-hydrogen) atoms. The molecule has 96 valence electrons. The largest absolute Gasteiger partial charge is 0.351 e. The van der Waals surface area contributed by atoms with Crippen LogP contribution in [-0.4, -0.2) is 17.8 Å². The average molecular weight is 430 g/mol. The van der Waals surface area contributed by atoms with Gasteiger partial charge in [0.15, 0.2) is 0 Å². The molecule has 0 aromatic carbocycles. The van der Waals surface area contributed by atoms with Crippen LogP contribution in [0.3, 0.4) is 0 Å². The van der Waals surface area contributed by atoms with Crippen LogP contribution in [0.15, 0.2) is 11.4 Å². The van der Waals surface area contributed by atoms with E-state index in [4.69, 9.17) is 0 Å². The molecular formula is C12H17BrINOS. The second kappa shape index (κ2) is 7.09. The molecule has 0 bridgehead atoms. The van der Waals surface area contributed by atoms with Gasteiger partial charge in [0, 0.05) is 17.3 Å². The molecule has 1 aromatic rings. The topological polar surface area (TPSA) is 29.1 Å². The third kappa shape index (κ3) is 4.21. The molecule has 1 aromatic heterocycles. The summed E-state index contributed by atoms with van der Waals surface area (Å²) in [5.74, 6) is 0.0383. The molecule has 0 saturated carbocycles. The van der Waals surface area contributed by atoms with Crippen LogP contribution in [0.5, 0.6) is 0 Å². The highest BCUT2D eigenvalue weighted by Gasteiger charge is 2.25. The first kappa shape index (κ1) is 15.4. The predicted octanol–water partition coefficient (Wildman–Crippen LogP) is 4.28. The number of carbonyl (C=O) groups excluding carboxylic acids is 1. The molecule has 0 aliphatic heterocycles. The summed E-state index contributed by atoms with van der Waals surface area (Å²) in [6.07, 6.45) is 2.13. The molecule has 0 radical (unpaired) electrons. The van der Waals surface area contributed by atoms with Gasteiger partial charge in [-0.1, -0.05) is 29.8 Å². The van der Waals surface area contributed by atoms with Crippen LogP contribution in [0.1, 0.15) is 37.0 Å². The van der Waals surface area contributed by atoms with Crippen molar-refractivity contribution in [2.75, 3.05) is 11.9 Å². The van der Waals surface area contributed by atoms with Crippen molar-refractivity contribution in [3.05, 3.63) is 19.9 Å². The highest BCUT2D eigenvalue weighted by molar-refractivity contribution is 14.1. The van der Waals surface area contributed by atoms with Gasteiger partial charge in [0.1, 0.15) is 0 Å². The van der Waals surface area contributed by atoms with Crippen molar-refractivity contribution in [2.24, 2.45) is 5.41 Å². The maximum Gasteiger partial charge on any atom is 0.252 e. The monoisotopic (exact) mass is 429 g/mol. The molecule has 1 rings (SSSR count). The van der Waals surface area contributed by atoms with Crippen molar-refractivity contribution >= 4 is 55.8 Å².